The van der Waals surface area contributed by atoms with Gasteiger partial charge >= 0.3 is 12.1 Å². The zero-order valence-electron chi connectivity index (χ0n) is 19.2. The average molecular weight is 443 g/mol. The summed E-state index contributed by atoms with van der Waals surface area (Å²) in [6, 6.07) is 8.02. The first-order chi connectivity index (χ1) is 14.8. The Kier molecular flexibility index (Phi) is 14.3. The second-order valence-electron chi connectivity index (χ2n) is 8.78. The van der Waals surface area contributed by atoms with E-state index < -0.39 is 24.5 Å². The van der Waals surface area contributed by atoms with Crippen molar-refractivity contribution < 1.29 is 23.1 Å². The molecule has 0 aliphatic rings. The molecule has 0 spiro atoms. The molecular weight excluding hydrogens is 401 g/mol. The molecule has 0 saturated heterocycles. The number of aryl methyl sites for hydroxylation is 1. The molecule has 0 fully saturated rings. The highest BCUT2D eigenvalue weighted by Crippen LogP contribution is 2.25. The number of carbonyl (C=O) groups is 1. The van der Waals surface area contributed by atoms with Gasteiger partial charge in [0.1, 0.15) is 0 Å². The third-order valence-electron chi connectivity index (χ3n) is 5.95. The van der Waals surface area contributed by atoms with Crippen LogP contribution in [-0.4, -0.2) is 17.3 Å². The van der Waals surface area contributed by atoms with Crippen molar-refractivity contribution in [2.75, 3.05) is 0 Å². The van der Waals surface area contributed by atoms with E-state index >= 15 is 0 Å². The summed E-state index contributed by atoms with van der Waals surface area (Å²) in [7, 11) is 0. The highest BCUT2D eigenvalue weighted by Gasteiger charge is 2.25. The average Bonchev–Trinajstić information content (AvgIpc) is 2.71. The molecule has 0 amide bonds. The van der Waals surface area contributed by atoms with E-state index in [0.29, 0.717) is 12.8 Å². The van der Waals surface area contributed by atoms with Crippen molar-refractivity contribution >= 4 is 5.97 Å². The molecule has 0 aliphatic carbocycles. The van der Waals surface area contributed by atoms with Crippen LogP contribution in [0.1, 0.15) is 120 Å². The molecule has 178 valence electrons. The number of hydrogen-bond donors (Lipinski definition) is 1. The largest absolute Gasteiger partial charge is 0.481 e. The second kappa shape index (κ2) is 16.2. The molecule has 1 aromatic rings. The number of rotatable bonds is 18. The van der Waals surface area contributed by atoms with Gasteiger partial charge in [-0.15, -0.1) is 0 Å². The predicted octanol–water partition coefficient (Wildman–Crippen LogP) is 8.83. The molecule has 0 bridgehead atoms. The highest BCUT2D eigenvalue weighted by atomic mass is 19.4. The van der Waals surface area contributed by atoms with E-state index in [0.717, 1.165) is 56.9 Å². The van der Waals surface area contributed by atoms with Gasteiger partial charge in [-0.25, -0.2) is 0 Å². The number of carboxylic acids is 1. The van der Waals surface area contributed by atoms with Crippen molar-refractivity contribution in [2.24, 2.45) is 0 Å². The Morgan fingerprint density at radius 1 is 0.806 bits per heavy atom. The minimum atomic E-state index is -4.02. The van der Waals surface area contributed by atoms with Crippen LogP contribution in [0, 0.1) is 0 Å². The van der Waals surface area contributed by atoms with Gasteiger partial charge in [0.15, 0.2) is 0 Å². The molecule has 1 rings (SSSR count). The van der Waals surface area contributed by atoms with Crippen molar-refractivity contribution in [1.29, 1.82) is 0 Å². The van der Waals surface area contributed by atoms with Gasteiger partial charge in [0, 0.05) is 6.42 Å². The molecule has 5 heteroatoms. The van der Waals surface area contributed by atoms with E-state index in [1.54, 1.807) is 0 Å². The van der Waals surface area contributed by atoms with E-state index in [9.17, 15) is 23.1 Å². The molecular formula is C26H41F3O2. The quantitative estimate of drug-likeness (QED) is 0.231. The minimum Gasteiger partial charge on any atom is -0.481 e. The van der Waals surface area contributed by atoms with E-state index in [1.807, 2.05) is 24.3 Å². The third kappa shape index (κ3) is 14.2. The first-order valence-electron chi connectivity index (χ1n) is 12.2. The highest BCUT2D eigenvalue weighted by molar-refractivity contribution is 5.76. The zero-order chi connectivity index (χ0) is 23.0. The van der Waals surface area contributed by atoms with Crippen molar-refractivity contribution in [3.8, 4) is 0 Å². The van der Waals surface area contributed by atoms with Crippen molar-refractivity contribution in [3.63, 3.8) is 0 Å². The van der Waals surface area contributed by atoms with Crippen molar-refractivity contribution in [2.45, 2.75) is 122 Å². The number of hydrogen-bond acceptors (Lipinski definition) is 1. The number of aliphatic carboxylic acids is 1. The molecule has 0 radical (unpaired) electrons. The zero-order valence-corrected chi connectivity index (χ0v) is 19.2. The second-order valence-corrected chi connectivity index (χ2v) is 8.78. The first kappa shape index (κ1) is 27.5. The van der Waals surface area contributed by atoms with Crippen molar-refractivity contribution in [1.82, 2.24) is 0 Å². The smallest absolute Gasteiger partial charge is 0.389 e. The molecule has 0 aliphatic heterocycles. The summed E-state index contributed by atoms with van der Waals surface area (Å²) in [5, 5.41) is 9.60. The fraction of sp³-hybridized carbons (Fsp3) is 0.731. The van der Waals surface area contributed by atoms with Gasteiger partial charge in [-0.2, -0.15) is 13.2 Å². The van der Waals surface area contributed by atoms with Gasteiger partial charge < -0.3 is 5.11 Å². The molecule has 0 heterocycles. The van der Waals surface area contributed by atoms with E-state index in [-0.39, 0.29) is 6.42 Å². The maximum absolute atomic E-state index is 12.1. The van der Waals surface area contributed by atoms with Gasteiger partial charge in [-0.1, -0.05) is 102 Å². The molecule has 1 aromatic carbocycles. The lowest BCUT2D eigenvalue weighted by Crippen LogP contribution is -2.11. The number of unbranched alkanes of at least 4 members (excludes halogenated alkanes) is 11. The lowest BCUT2D eigenvalue weighted by molar-refractivity contribution is -0.139. The van der Waals surface area contributed by atoms with Gasteiger partial charge in [0.25, 0.3) is 0 Å². The molecule has 1 unspecified atom stereocenters. The summed E-state index contributed by atoms with van der Waals surface area (Å²) in [4.78, 5) is 11.7. The standard InChI is InChI=1S/C26H41F3O2/c1-2-3-4-5-10-13-16-24(25(30)31)23-19-17-22(18-20-23)15-12-9-7-6-8-11-14-21-26(27,28)29/h17-20,24H,2-16,21H2,1H3,(H,30,31). The Bertz CT molecular complexity index is 581. The summed E-state index contributed by atoms with van der Waals surface area (Å²) in [5.41, 5.74) is 2.11. The van der Waals surface area contributed by atoms with Crippen LogP contribution in [-0.2, 0) is 11.2 Å². The number of halogens is 3. The number of alkyl halides is 3. The van der Waals surface area contributed by atoms with Crippen LogP contribution in [0.25, 0.3) is 0 Å². The van der Waals surface area contributed by atoms with E-state index in [4.69, 9.17) is 0 Å². The van der Waals surface area contributed by atoms with Crippen LogP contribution < -0.4 is 0 Å². The van der Waals surface area contributed by atoms with E-state index in [2.05, 4.69) is 6.92 Å². The maximum atomic E-state index is 12.1. The SMILES string of the molecule is CCCCCCCCC(C(=O)O)c1ccc(CCCCCCCCCC(F)(F)F)cc1. The van der Waals surface area contributed by atoms with Crippen LogP contribution in [0.15, 0.2) is 24.3 Å². The van der Waals surface area contributed by atoms with Crippen LogP contribution in [0.3, 0.4) is 0 Å². The summed E-state index contributed by atoms with van der Waals surface area (Å²) < 4.78 is 36.2. The Morgan fingerprint density at radius 3 is 1.87 bits per heavy atom. The molecule has 2 nitrogen and oxygen atoms in total. The summed E-state index contributed by atoms with van der Waals surface area (Å²) >= 11 is 0. The van der Waals surface area contributed by atoms with Gasteiger partial charge in [0.2, 0.25) is 0 Å². The van der Waals surface area contributed by atoms with Crippen LogP contribution in [0.5, 0.6) is 0 Å². The van der Waals surface area contributed by atoms with E-state index in [1.165, 1.54) is 31.2 Å². The summed E-state index contributed by atoms with van der Waals surface area (Å²) in [5.74, 6) is -1.16. The maximum Gasteiger partial charge on any atom is 0.389 e. The Hall–Kier alpha value is -1.52. The Balaban J connectivity index is 2.22. The Morgan fingerprint density at radius 2 is 1.32 bits per heavy atom. The van der Waals surface area contributed by atoms with Gasteiger partial charge in [0.05, 0.1) is 5.92 Å². The first-order valence-corrected chi connectivity index (χ1v) is 12.2. The van der Waals surface area contributed by atoms with Crippen LogP contribution in [0.2, 0.25) is 0 Å². The molecule has 0 saturated carbocycles. The van der Waals surface area contributed by atoms with Crippen LogP contribution >= 0.6 is 0 Å². The fourth-order valence-corrected chi connectivity index (χ4v) is 4.02. The van der Waals surface area contributed by atoms with Crippen molar-refractivity contribution in [3.05, 3.63) is 35.4 Å². The lowest BCUT2D eigenvalue weighted by atomic mass is 9.91. The predicted molar refractivity (Wildman–Crippen MR) is 122 cm³/mol. The minimum absolute atomic E-state index is 0.242. The van der Waals surface area contributed by atoms with Gasteiger partial charge in [-0.05, 0) is 36.8 Å². The Labute approximate surface area is 186 Å². The molecule has 31 heavy (non-hydrogen) atoms. The van der Waals surface area contributed by atoms with Crippen LogP contribution in [0.4, 0.5) is 13.2 Å². The monoisotopic (exact) mass is 442 g/mol. The fourth-order valence-electron chi connectivity index (χ4n) is 4.02. The number of benzene rings is 1. The third-order valence-corrected chi connectivity index (χ3v) is 5.95. The topological polar surface area (TPSA) is 37.3 Å². The lowest BCUT2D eigenvalue weighted by Gasteiger charge is -2.13. The number of carboxylic acid groups (broad SMARTS) is 1. The normalized spacial score (nSPS) is 12.8. The molecule has 1 atom stereocenters. The summed E-state index contributed by atoms with van der Waals surface area (Å²) in [6.45, 7) is 2.19. The molecule has 1 N–H and O–H groups in total. The van der Waals surface area contributed by atoms with Gasteiger partial charge in [-0.3, -0.25) is 4.79 Å². The summed E-state index contributed by atoms with van der Waals surface area (Å²) in [6.07, 6.45) is 9.90. The molecule has 0 aromatic heterocycles.